The predicted octanol–water partition coefficient (Wildman–Crippen LogP) is -0.446. The second-order valence-electron chi connectivity index (χ2n) is 1.88. The van der Waals surface area contributed by atoms with Crippen LogP contribution in [0.25, 0.3) is 5.41 Å². The molecule has 1 rings (SSSR count). The Labute approximate surface area is 60.1 Å². The van der Waals surface area contributed by atoms with Gasteiger partial charge in [0.25, 0.3) is 0 Å². The largest absolute Gasteiger partial charge is 0.422 e. The first kappa shape index (κ1) is 8.83. The molecule has 0 bridgehead atoms. The normalized spacial score (nSPS) is 13.9. The Hall–Kier alpha value is -1.17. The van der Waals surface area contributed by atoms with E-state index < -0.39 is 0 Å². The molecular weight excluding hydrogens is 128 g/mol. The average molecular weight is 138 g/mol. The minimum atomic E-state index is 1.28. The molecule has 1 saturated heterocycles. The van der Waals surface area contributed by atoms with E-state index in [2.05, 4.69) is 10.3 Å². The standard InChI is InChI=1S/C4H9N.C2N3/c1-2-4-5-3-1;3-1-5-2-4/h5H,1-4H2;/q;-1/p+1. The van der Waals surface area contributed by atoms with Crippen molar-refractivity contribution in [2.45, 2.75) is 12.8 Å². The molecule has 4 nitrogen and oxygen atoms in total. The minimum Gasteiger partial charge on any atom is -0.422 e. The molecule has 0 amide bonds. The van der Waals surface area contributed by atoms with Gasteiger partial charge in [0.15, 0.2) is 0 Å². The SMILES string of the molecule is C1CC[NH2+]C1.N#CN=C=[N-]. The molecule has 1 aliphatic heterocycles. The molecule has 0 aromatic heterocycles. The van der Waals surface area contributed by atoms with Crippen molar-refractivity contribution in [1.82, 2.24) is 0 Å². The van der Waals surface area contributed by atoms with Crippen LogP contribution in [0.3, 0.4) is 0 Å². The van der Waals surface area contributed by atoms with Crippen LogP contribution in [0.15, 0.2) is 4.99 Å². The Bertz CT molecular complexity index is 140. The van der Waals surface area contributed by atoms with Crippen LogP contribution in [-0.4, -0.2) is 19.1 Å². The molecule has 10 heavy (non-hydrogen) atoms. The topological polar surface area (TPSA) is 75.1 Å². The minimum absolute atomic E-state index is 1.28. The van der Waals surface area contributed by atoms with E-state index >= 15 is 0 Å². The van der Waals surface area contributed by atoms with E-state index in [1.165, 1.54) is 38.1 Å². The smallest absolute Gasteiger partial charge is 0.0925 e. The zero-order valence-electron chi connectivity index (χ0n) is 5.75. The first-order chi connectivity index (χ1) is 4.91. The average Bonchev–Trinajstić information content (AvgIpc) is 2.44. The highest BCUT2D eigenvalue weighted by Gasteiger charge is 1.97. The number of aliphatic imine (C=N–C) groups is 1. The Morgan fingerprint density at radius 2 is 2.00 bits per heavy atom. The van der Waals surface area contributed by atoms with Crippen LogP contribution < -0.4 is 5.32 Å². The van der Waals surface area contributed by atoms with Crippen LogP contribution in [0.1, 0.15) is 12.8 Å². The molecule has 1 aliphatic rings. The quantitative estimate of drug-likeness (QED) is 0.357. The lowest BCUT2D eigenvalue weighted by Crippen LogP contribution is -2.80. The first-order valence-electron chi connectivity index (χ1n) is 3.21. The highest BCUT2D eigenvalue weighted by atomic mass is 14.9. The summed E-state index contributed by atoms with van der Waals surface area (Å²) in [5.74, 6) is 0. The molecule has 2 N–H and O–H groups in total. The third-order valence-corrected chi connectivity index (χ3v) is 1.17. The fourth-order valence-corrected chi connectivity index (χ4v) is 0.744. The summed E-state index contributed by atoms with van der Waals surface area (Å²) in [7, 11) is 0. The number of nitrogens with zero attached hydrogens (tertiary/aromatic N) is 3. The molecule has 4 heteroatoms. The summed E-state index contributed by atoms with van der Waals surface area (Å²) in [6, 6.07) is 1.28. The summed E-state index contributed by atoms with van der Waals surface area (Å²) < 4.78 is 0. The van der Waals surface area contributed by atoms with E-state index in [1.807, 2.05) is 0 Å². The molecule has 1 heterocycles. The maximum Gasteiger partial charge on any atom is 0.0925 e. The van der Waals surface area contributed by atoms with Gasteiger partial charge < -0.3 is 15.7 Å². The zero-order valence-corrected chi connectivity index (χ0v) is 5.75. The number of rotatable bonds is 0. The summed E-state index contributed by atoms with van der Waals surface area (Å²) in [5.41, 5.74) is 0. The molecule has 0 atom stereocenters. The molecule has 0 unspecified atom stereocenters. The van der Waals surface area contributed by atoms with Crippen molar-refractivity contribution < 1.29 is 5.32 Å². The molecule has 0 spiro atoms. The van der Waals surface area contributed by atoms with Gasteiger partial charge in [0.05, 0.1) is 19.3 Å². The van der Waals surface area contributed by atoms with Crippen molar-refractivity contribution in [3.05, 3.63) is 5.41 Å². The van der Waals surface area contributed by atoms with Crippen LogP contribution >= 0.6 is 0 Å². The van der Waals surface area contributed by atoms with E-state index in [0.717, 1.165) is 0 Å². The number of quaternary nitrogens is 1. The van der Waals surface area contributed by atoms with E-state index in [1.54, 1.807) is 0 Å². The van der Waals surface area contributed by atoms with Gasteiger partial charge in [0.2, 0.25) is 0 Å². The lowest BCUT2D eigenvalue weighted by atomic mass is 10.4. The number of hydrogen-bond donors (Lipinski definition) is 1. The predicted molar refractivity (Wildman–Crippen MR) is 37.3 cm³/mol. The summed E-state index contributed by atoms with van der Waals surface area (Å²) in [4.78, 5) is 2.58. The third-order valence-electron chi connectivity index (χ3n) is 1.17. The molecule has 0 aliphatic carbocycles. The second kappa shape index (κ2) is 7.83. The van der Waals surface area contributed by atoms with Gasteiger partial charge in [0, 0.05) is 12.8 Å². The lowest BCUT2D eigenvalue weighted by Gasteiger charge is -1.73. The van der Waals surface area contributed by atoms with Gasteiger partial charge in [-0.2, -0.15) is 5.26 Å². The Morgan fingerprint density at radius 3 is 2.10 bits per heavy atom. The fraction of sp³-hybridized carbons (Fsp3) is 0.667. The van der Waals surface area contributed by atoms with Gasteiger partial charge >= 0.3 is 0 Å². The van der Waals surface area contributed by atoms with E-state index in [-0.39, 0.29) is 0 Å². The fourth-order valence-electron chi connectivity index (χ4n) is 0.744. The highest BCUT2D eigenvalue weighted by molar-refractivity contribution is 5.46. The second-order valence-corrected chi connectivity index (χ2v) is 1.88. The summed E-state index contributed by atoms with van der Waals surface area (Å²) in [5, 5.41) is 17.2. The van der Waals surface area contributed by atoms with Crippen molar-refractivity contribution in [3.8, 4) is 6.19 Å². The van der Waals surface area contributed by atoms with Crippen LogP contribution in [0.5, 0.6) is 0 Å². The van der Waals surface area contributed by atoms with Gasteiger partial charge in [-0.3, -0.25) is 0 Å². The third kappa shape index (κ3) is 6.83. The van der Waals surface area contributed by atoms with E-state index in [4.69, 9.17) is 10.7 Å². The number of hydrogen-bond acceptors (Lipinski definition) is 2. The maximum atomic E-state index is 7.43. The summed E-state index contributed by atoms with van der Waals surface area (Å²) in [6.07, 6.45) is 4.17. The number of nitriles is 1. The highest BCUT2D eigenvalue weighted by Crippen LogP contribution is 1.82. The van der Waals surface area contributed by atoms with E-state index in [9.17, 15) is 0 Å². The van der Waals surface area contributed by atoms with Crippen LogP contribution in [0.4, 0.5) is 0 Å². The Kier molecular flexibility index (Phi) is 6.91. The van der Waals surface area contributed by atoms with Crippen molar-refractivity contribution >= 4 is 6.01 Å². The van der Waals surface area contributed by atoms with Crippen molar-refractivity contribution in [1.29, 1.82) is 5.26 Å². The van der Waals surface area contributed by atoms with Crippen LogP contribution in [0, 0.1) is 11.5 Å². The molecule has 54 valence electrons. The zero-order chi connectivity index (χ0) is 7.66. The molecular formula is C6H10N4. The molecule has 0 radical (unpaired) electrons. The monoisotopic (exact) mass is 138 g/mol. The van der Waals surface area contributed by atoms with Gasteiger partial charge in [0.1, 0.15) is 0 Å². The van der Waals surface area contributed by atoms with Crippen molar-refractivity contribution in [3.63, 3.8) is 0 Å². The Morgan fingerprint density at radius 1 is 1.40 bits per heavy atom. The summed E-state index contributed by atoms with van der Waals surface area (Å²) in [6.45, 7) is 2.75. The van der Waals surface area contributed by atoms with Crippen molar-refractivity contribution in [2.75, 3.05) is 13.1 Å². The van der Waals surface area contributed by atoms with Gasteiger partial charge in [-0.15, -0.1) is 6.01 Å². The van der Waals surface area contributed by atoms with Crippen LogP contribution in [0.2, 0.25) is 0 Å². The lowest BCUT2D eigenvalue weighted by molar-refractivity contribution is -0.635. The van der Waals surface area contributed by atoms with E-state index in [0.29, 0.717) is 0 Å². The summed E-state index contributed by atoms with van der Waals surface area (Å²) >= 11 is 0. The first-order valence-corrected chi connectivity index (χ1v) is 3.21. The van der Waals surface area contributed by atoms with Gasteiger partial charge in [-0.05, 0) is 0 Å². The van der Waals surface area contributed by atoms with Crippen molar-refractivity contribution in [2.24, 2.45) is 4.99 Å². The maximum absolute atomic E-state index is 7.43. The molecule has 1 fully saturated rings. The number of nitrogens with two attached hydrogens (primary N) is 1. The molecule has 0 aromatic rings. The van der Waals surface area contributed by atoms with Gasteiger partial charge in [-0.25, -0.2) is 0 Å². The molecule has 0 aromatic carbocycles. The Balaban J connectivity index is 0.000000162. The molecule has 0 saturated carbocycles. The van der Waals surface area contributed by atoms with Crippen LogP contribution in [-0.2, 0) is 0 Å². The van der Waals surface area contributed by atoms with Gasteiger partial charge in [-0.1, -0.05) is 0 Å².